The summed E-state index contributed by atoms with van der Waals surface area (Å²) >= 11 is 0. The molecule has 1 aliphatic heterocycles. The molecule has 4 atom stereocenters. The first kappa shape index (κ1) is 32.9. The van der Waals surface area contributed by atoms with E-state index in [0.717, 1.165) is 10.1 Å². The van der Waals surface area contributed by atoms with E-state index in [0.29, 0.717) is 12.1 Å². The van der Waals surface area contributed by atoms with Gasteiger partial charge in [0.05, 0.1) is 23.1 Å². The Bertz CT molecular complexity index is 1580. The number of H-pyrrole nitrogens is 1. The predicted molar refractivity (Wildman–Crippen MR) is 160 cm³/mol. The van der Waals surface area contributed by atoms with Crippen molar-refractivity contribution in [3.05, 3.63) is 86.5 Å². The smallest absolute Gasteiger partial charge is 0.336 e. The van der Waals surface area contributed by atoms with Crippen molar-refractivity contribution in [2.45, 2.75) is 99.2 Å². The Hall–Kier alpha value is -4.03. The van der Waals surface area contributed by atoms with Crippen molar-refractivity contribution in [3.63, 3.8) is 0 Å². The second kappa shape index (κ2) is 12.5. The second-order valence-electron chi connectivity index (χ2n) is 13.1. The van der Waals surface area contributed by atoms with E-state index >= 15 is 0 Å². The van der Waals surface area contributed by atoms with Crippen LogP contribution in [0.1, 0.15) is 77.9 Å². The first-order chi connectivity index (χ1) is 20.6. The van der Waals surface area contributed by atoms with Gasteiger partial charge in [0, 0.05) is 18.0 Å². The molecule has 0 saturated carbocycles. The SMILES string of the molecule is CC[C@@]1(c2ccn[nH]2)O[C@@H](n2cc(C)c(=O)n(COC(=O)C(C)(C)C)c2=O)[C@@H](OC(=O)C(C)(C)C)C1OCc1ccccc1. The van der Waals surface area contributed by atoms with Gasteiger partial charge in [0.1, 0.15) is 11.7 Å². The van der Waals surface area contributed by atoms with Crippen LogP contribution >= 0.6 is 0 Å². The molecule has 0 aliphatic carbocycles. The summed E-state index contributed by atoms with van der Waals surface area (Å²) in [4.78, 5) is 52.9. The number of aromatic nitrogens is 4. The summed E-state index contributed by atoms with van der Waals surface area (Å²) in [6.45, 7) is 13.2. The van der Waals surface area contributed by atoms with Crippen molar-refractivity contribution in [2.75, 3.05) is 0 Å². The van der Waals surface area contributed by atoms with Gasteiger partial charge in [-0.05, 0) is 66.5 Å². The van der Waals surface area contributed by atoms with Crippen molar-refractivity contribution in [1.82, 2.24) is 19.3 Å². The molecule has 3 heterocycles. The molecule has 0 radical (unpaired) electrons. The molecule has 4 rings (SSSR count). The lowest BCUT2D eigenvalue weighted by atomic mass is 9.88. The zero-order chi connectivity index (χ0) is 32.4. The van der Waals surface area contributed by atoms with E-state index in [9.17, 15) is 19.2 Å². The van der Waals surface area contributed by atoms with Crippen LogP contribution < -0.4 is 11.2 Å². The van der Waals surface area contributed by atoms with E-state index in [2.05, 4.69) is 10.2 Å². The molecule has 238 valence electrons. The summed E-state index contributed by atoms with van der Waals surface area (Å²) in [7, 11) is 0. The number of aromatic amines is 1. The molecule has 1 saturated heterocycles. The molecule has 1 fully saturated rings. The number of carbonyl (C=O) groups is 2. The summed E-state index contributed by atoms with van der Waals surface area (Å²) in [5.41, 5.74) is -2.75. The highest BCUT2D eigenvalue weighted by molar-refractivity contribution is 5.76. The molecule has 2 aromatic heterocycles. The Labute approximate surface area is 256 Å². The lowest BCUT2D eigenvalue weighted by Gasteiger charge is -2.33. The second-order valence-corrected chi connectivity index (χ2v) is 13.1. The van der Waals surface area contributed by atoms with Crippen LogP contribution in [0.3, 0.4) is 0 Å². The number of ether oxygens (including phenoxy) is 4. The number of nitrogens with zero attached hydrogens (tertiary/aromatic N) is 3. The fourth-order valence-electron chi connectivity index (χ4n) is 4.97. The lowest BCUT2D eigenvalue weighted by molar-refractivity contribution is -0.170. The molecular weight excluding hydrogens is 568 g/mol. The summed E-state index contributed by atoms with van der Waals surface area (Å²) in [6, 6.07) is 11.3. The molecule has 0 amide bonds. The molecule has 0 spiro atoms. The number of hydrogen-bond donors (Lipinski definition) is 1. The minimum absolute atomic E-state index is 0.164. The zero-order valence-electron chi connectivity index (χ0n) is 26.6. The molecule has 44 heavy (non-hydrogen) atoms. The fourth-order valence-corrected chi connectivity index (χ4v) is 4.97. The molecule has 1 aliphatic rings. The van der Waals surface area contributed by atoms with Gasteiger partial charge in [0.15, 0.2) is 19.1 Å². The Kier molecular flexibility index (Phi) is 9.36. The number of aryl methyl sites for hydroxylation is 1. The molecule has 12 heteroatoms. The Balaban J connectivity index is 1.86. The largest absolute Gasteiger partial charge is 0.454 e. The van der Waals surface area contributed by atoms with Crippen LogP contribution in [-0.2, 0) is 47.5 Å². The average Bonchev–Trinajstić information content (AvgIpc) is 3.61. The maximum atomic E-state index is 13.9. The first-order valence-electron chi connectivity index (χ1n) is 14.6. The van der Waals surface area contributed by atoms with E-state index < -0.39 is 64.8 Å². The van der Waals surface area contributed by atoms with E-state index in [1.54, 1.807) is 53.8 Å². The predicted octanol–water partition coefficient (Wildman–Crippen LogP) is 3.97. The molecule has 3 aromatic rings. The van der Waals surface area contributed by atoms with Gasteiger partial charge in [-0.2, -0.15) is 5.10 Å². The van der Waals surface area contributed by atoms with E-state index in [1.165, 1.54) is 17.7 Å². The van der Waals surface area contributed by atoms with Gasteiger partial charge in [-0.3, -0.25) is 24.0 Å². The molecule has 1 N–H and O–H groups in total. The van der Waals surface area contributed by atoms with Gasteiger partial charge in [-0.25, -0.2) is 9.36 Å². The molecule has 1 unspecified atom stereocenters. The number of esters is 2. The van der Waals surface area contributed by atoms with Gasteiger partial charge in [-0.1, -0.05) is 37.3 Å². The minimum atomic E-state index is -1.23. The van der Waals surface area contributed by atoms with Gasteiger partial charge in [-0.15, -0.1) is 0 Å². The van der Waals surface area contributed by atoms with Gasteiger partial charge in [0.2, 0.25) is 0 Å². The third kappa shape index (κ3) is 6.56. The number of carbonyl (C=O) groups excluding carboxylic acids is 2. The average molecular weight is 611 g/mol. The third-order valence-corrected chi connectivity index (χ3v) is 7.56. The van der Waals surface area contributed by atoms with Crippen molar-refractivity contribution in [1.29, 1.82) is 0 Å². The first-order valence-corrected chi connectivity index (χ1v) is 14.6. The zero-order valence-corrected chi connectivity index (χ0v) is 26.6. The highest BCUT2D eigenvalue weighted by Gasteiger charge is 2.60. The van der Waals surface area contributed by atoms with Crippen LogP contribution in [0.2, 0.25) is 0 Å². The standard InChI is InChI=1S/C32H42N4O8/c1-9-32(22-15-16-33-34-22)24(41-18-21-13-11-10-12-14-21)23(43-28(39)31(6,7)8)26(44-32)35-17-20(2)25(37)36(29(35)40)19-42-27(38)30(3,4)5/h10-17,23-24,26H,9,18-19H2,1-8H3,(H,33,34)/t23-,24?,26+,32-/m0/s1. The molecule has 12 nitrogen and oxygen atoms in total. The van der Waals surface area contributed by atoms with Gasteiger partial charge in [0.25, 0.3) is 5.56 Å². The maximum Gasteiger partial charge on any atom is 0.336 e. The topological polar surface area (TPSA) is 144 Å². The van der Waals surface area contributed by atoms with Crippen LogP contribution in [0.4, 0.5) is 0 Å². The van der Waals surface area contributed by atoms with Crippen molar-refractivity contribution in [2.24, 2.45) is 10.8 Å². The highest BCUT2D eigenvalue weighted by atomic mass is 16.6. The number of rotatable bonds is 9. The Morgan fingerprint density at radius 3 is 2.25 bits per heavy atom. The van der Waals surface area contributed by atoms with Crippen LogP contribution in [-0.4, -0.2) is 43.5 Å². The third-order valence-electron chi connectivity index (χ3n) is 7.56. The van der Waals surface area contributed by atoms with E-state index in [4.69, 9.17) is 18.9 Å². The summed E-state index contributed by atoms with van der Waals surface area (Å²) in [5, 5.41) is 7.10. The van der Waals surface area contributed by atoms with Crippen LogP contribution in [0, 0.1) is 17.8 Å². The normalized spacial score (nSPS) is 22.1. The maximum absolute atomic E-state index is 13.9. The highest BCUT2D eigenvalue weighted by Crippen LogP contribution is 2.48. The monoisotopic (exact) mass is 610 g/mol. The van der Waals surface area contributed by atoms with Gasteiger partial charge < -0.3 is 18.9 Å². The van der Waals surface area contributed by atoms with Crippen LogP contribution in [0.15, 0.2) is 58.4 Å². The summed E-state index contributed by atoms with van der Waals surface area (Å²) in [5.74, 6) is -1.11. The van der Waals surface area contributed by atoms with E-state index in [1.807, 2.05) is 37.3 Å². The number of nitrogens with one attached hydrogen (secondary N) is 1. The lowest BCUT2D eigenvalue weighted by Crippen LogP contribution is -2.47. The quantitative estimate of drug-likeness (QED) is 0.356. The van der Waals surface area contributed by atoms with Crippen LogP contribution in [0.5, 0.6) is 0 Å². The fraction of sp³-hybridized carbons (Fsp3) is 0.531. The van der Waals surface area contributed by atoms with Crippen molar-refractivity contribution >= 4 is 11.9 Å². The van der Waals surface area contributed by atoms with Crippen molar-refractivity contribution in [3.8, 4) is 0 Å². The number of benzene rings is 1. The Morgan fingerprint density at radius 2 is 1.68 bits per heavy atom. The van der Waals surface area contributed by atoms with Crippen molar-refractivity contribution < 1.29 is 28.5 Å². The summed E-state index contributed by atoms with van der Waals surface area (Å²) < 4.78 is 26.8. The Morgan fingerprint density at radius 1 is 1.02 bits per heavy atom. The molecule has 1 aromatic carbocycles. The van der Waals surface area contributed by atoms with E-state index in [-0.39, 0.29) is 12.2 Å². The van der Waals surface area contributed by atoms with Crippen LogP contribution in [0.25, 0.3) is 0 Å². The molecule has 0 bridgehead atoms. The number of hydrogen-bond acceptors (Lipinski definition) is 9. The van der Waals surface area contributed by atoms with Gasteiger partial charge >= 0.3 is 17.6 Å². The molecular formula is C32H42N4O8. The summed E-state index contributed by atoms with van der Waals surface area (Å²) in [6.07, 6.45) is 0.0351. The minimum Gasteiger partial charge on any atom is -0.454 e.